The Morgan fingerprint density at radius 2 is 1.81 bits per heavy atom. The van der Waals surface area contributed by atoms with E-state index in [4.69, 9.17) is 14.5 Å². The van der Waals surface area contributed by atoms with Crippen LogP contribution in [-0.4, -0.2) is 17.7 Å². The molecule has 4 aromatic rings. The first kappa shape index (κ1) is 22.6. The summed E-state index contributed by atoms with van der Waals surface area (Å²) in [5.74, 6) is 1.52. The van der Waals surface area contributed by atoms with Gasteiger partial charge in [0.2, 0.25) is 0 Å². The number of nitrogens with one attached hydrogen (secondary N) is 1. The van der Waals surface area contributed by atoms with Crippen molar-refractivity contribution in [3.63, 3.8) is 0 Å². The van der Waals surface area contributed by atoms with Crippen LogP contribution in [-0.2, 0) is 6.54 Å². The fourth-order valence-corrected chi connectivity index (χ4v) is 4.94. The van der Waals surface area contributed by atoms with Gasteiger partial charge in [-0.25, -0.2) is 4.98 Å². The summed E-state index contributed by atoms with van der Waals surface area (Å²) in [6, 6.07) is 18.8. The smallest absolute Gasteiger partial charge is 0.162 e. The van der Waals surface area contributed by atoms with Crippen LogP contribution in [0.2, 0.25) is 0 Å². The van der Waals surface area contributed by atoms with Gasteiger partial charge in [0.1, 0.15) is 5.01 Å². The number of hydrogen-bond donors (Lipinski definition) is 1. The third-order valence-electron chi connectivity index (χ3n) is 4.93. The summed E-state index contributed by atoms with van der Waals surface area (Å²) in [5, 5.41) is 4.54. The second-order valence-corrected chi connectivity index (χ2v) is 9.80. The maximum Gasteiger partial charge on any atom is 0.162 e. The first-order valence-electron chi connectivity index (χ1n) is 10.8. The third-order valence-corrected chi connectivity index (χ3v) is 6.74. The highest BCUT2D eigenvalue weighted by Crippen LogP contribution is 2.35. The zero-order valence-corrected chi connectivity index (χ0v) is 21.1. The lowest BCUT2D eigenvalue weighted by Crippen LogP contribution is -2.08. The Hall–Kier alpha value is -2.57. The number of hydrogen-bond acceptors (Lipinski definition) is 5. The van der Waals surface area contributed by atoms with Crippen molar-refractivity contribution in [1.29, 1.82) is 0 Å². The zero-order valence-electron chi connectivity index (χ0n) is 18.7. The lowest BCUT2D eigenvalue weighted by atomic mass is 10.1. The molecule has 0 amide bonds. The van der Waals surface area contributed by atoms with Crippen molar-refractivity contribution in [3.8, 4) is 22.1 Å². The quantitative estimate of drug-likeness (QED) is 0.262. The second kappa shape index (κ2) is 9.92. The Balaban J connectivity index is 1.48. The molecule has 0 aliphatic carbocycles. The fourth-order valence-electron chi connectivity index (χ4n) is 3.41. The standard InChI is InChI=1S/C26H27BrN2O2S/c1-5-30-23-13-19(21(27)14-24(23)31-16(2)3)15-28-20-9-7-18(8-10-20)26-29-22-11-6-17(4)12-25(22)32-26/h6-14,16,28H,5,15H2,1-4H3. The second-order valence-electron chi connectivity index (χ2n) is 7.91. The maximum atomic E-state index is 5.90. The molecule has 0 spiro atoms. The van der Waals surface area contributed by atoms with E-state index in [-0.39, 0.29) is 6.10 Å². The lowest BCUT2D eigenvalue weighted by Gasteiger charge is -2.17. The molecule has 0 bridgehead atoms. The van der Waals surface area contributed by atoms with Crippen LogP contribution in [0.25, 0.3) is 20.8 Å². The van der Waals surface area contributed by atoms with Crippen LogP contribution >= 0.6 is 27.3 Å². The SMILES string of the molecule is CCOc1cc(CNc2ccc(-c3nc4ccc(C)cc4s3)cc2)c(Br)cc1OC(C)C. The van der Waals surface area contributed by atoms with Crippen molar-refractivity contribution in [3.05, 3.63) is 70.2 Å². The van der Waals surface area contributed by atoms with Crippen LogP contribution in [0.1, 0.15) is 31.9 Å². The van der Waals surface area contributed by atoms with Gasteiger partial charge in [-0.2, -0.15) is 0 Å². The average molecular weight is 511 g/mol. The number of thiazole rings is 1. The number of halogens is 1. The third kappa shape index (κ3) is 5.25. The lowest BCUT2D eigenvalue weighted by molar-refractivity contribution is 0.223. The van der Waals surface area contributed by atoms with E-state index in [1.165, 1.54) is 10.3 Å². The molecule has 0 radical (unpaired) electrons. The van der Waals surface area contributed by atoms with Gasteiger partial charge in [0, 0.05) is 22.3 Å². The number of benzene rings is 3. The molecule has 0 aliphatic heterocycles. The van der Waals surface area contributed by atoms with E-state index < -0.39 is 0 Å². The van der Waals surface area contributed by atoms with E-state index >= 15 is 0 Å². The first-order valence-corrected chi connectivity index (χ1v) is 12.4. The molecule has 6 heteroatoms. The molecule has 32 heavy (non-hydrogen) atoms. The number of rotatable bonds is 8. The highest BCUT2D eigenvalue weighted by atomic mass is 79.9. The van der Waals surface area contributed by atoms with Crippen molar-refractivity contribution < 1.29 is 9.47 Å². The van der Waals surface area contributed by atoms with Crippen molar-refractivity contribution >= 4 is 43.2 Å². The van der Waals surface area contributed by atoms with Crippen molar-refractivity contribution in [2.24, 2.45) is 0 Å². The van der Waals surface area contributed by atoms with Crippen LogP contribution in [0.15, 0.2) is 59.1 Å². The van der Waals surface area contributed by atoms with E-state index in [0.29, 0.717) is 13.2 Å². The molecule has 166 valence electrons. The molecule has 4 rings (SSSR count). The number of nitrogens with zero attached hydrogens (tertiary/aromatic N) is 1. The summed E-state index contributed by atoms with van der Waals surface area (Å²) in [7, 11) is 0. The highest BCUT2D eigenvalue weighted by Gasteiger charge is 2.12. The van der Waals surface area contributed by atoms with E-state index in [2.05, 4.69) is 70.6 Å². The maximum absolute atomic E-state index is 5.90. The summed E-state index contributed by atoms with van der Waals surface area (Å²) in [6.45, 7) is 9.38. The molecule has 1 heterocycles. The minimum Gasteiger partial charge on any atom is -0.490 e. The molecule has 1 aromatic heterocycles. The number of anilines is 1. The van der Waals surface area contributed by atoms with Gasteiger partial charge in [-0.05, 0) is 87.4 Å². The van der Waals surface area contributed by atoms with Gasteiger partial charge in [-0.15, -0.1) is 11.3 Å². The van der Waals surface area contributed by atoms with E-state index in [1.807, 2.05) is 32.9 Å². The van der Waals surface area contributed by atoms with Crippen molar-refractivity contribution in [2.45, 2.75) is 40.3 Å². The van der Waals surface area contributed by atoms with Gasteiger partial charge in [0.25, 0.3) is 0 Å². The molecule has 0 saturated carbocycles. The van der Waals surface area contributed by atoms with Gasteiger partial charge in [-0.3, -0.25) is 0 Å². The molecular weight excluding hydrogens is 484 g/mol. The summed E-state index contributed by atoms with van der Waals surface area (Å²) in [4.78, 5) is 4.78. The first-order chi connectivity index (χ1) is 15.4. The average Bonchev–Trinajstić information content (AvgIpc) is 3.18. The molecule has 1 N–H and O–H groups in total. The molecule has 0 atom stereocenters. The van der Waals surface area contributed by atoms with Crippen LogP contribution in [0.4, 0.5) is 5.69 Å². The molecule has 0 saturated heterocycles. The predicted molar refractivity (Wildman–Crippen MR) is 138 cm³/mol. The van der Waals surface area contributed by atoms with E-state index in [0.717, 1.165) is 43.3 Å². The molecule has 4 nitrogen and oxygen atoms in total. The largest absolute Gasteiger partial charge is 0.490 e. The topological polar surface area (TPSA) is 43.4 Å². The van der Waals surface area contributed by atoms with E-state index in [9.17, 15) is 0 Å². The van der Waals surface area contributed by atoms with Gasteiger partial charge in [0.05, 0.1) is 22.9 Å². The Labute approximate surface area is 201 Å². The van der Waals surface area contributed by atoms with Gasteiger partial charge in [0.15, 0.2) is 11.5 Å². The number of aromatic nitrogens is 1. The number of fused-ring (bicyclic) bond motifs is 1. The van der Waals surface area contributed by atoms with Gasteiger partial charge < -0.3 is 14.8 Å². The number of aryl methyl sites for hydroxylation is 1. The van der Waals surface area contributed by atoms with Crippen LogP contribution in [0.5, 0.6) is 11.5 Å². The van der Waals surface area contributed by atoms with Gasteiger partial charge in [-0.1, -0.05) is 22.0 Å². The van der Waals surface area contributed by atoms with Crippen molar-refractivity contribution in [2.75, 3.05) is 11.9 Å². The summed E-state index contributed by atoms with van der Waals surface area (Å²) >= 11 is 5.41. The molecule has 0 aliphatic rings. The summed E-state index contributed by atoms with van der Waals surface area (Å²) in [6.07, 6.45) is 0.0862. The minimum absolute atomic E-state index is 0.0862. The number of ether oxygens (including phenoxy) is 2. The molecular formula is C26H27BrN2O2S. The predicted octanol–water partition coefficient (Wildman–Crippen LogP) is 7.83. The van der Waals surface area contributed by atoms with Gasteiger partial charge >= 0.3 is 0 Å². The fraction of sp³-hybridized carbons (Fsp3) is 0.269. The summed E-state index contributed by atoms with van der Waals surface area (Å²) in [5.41, 5.74) is 5.60. The monoisotopic (exact) mass is 510 g/mol. The minimum atomic E-state index is 0.0862. The van der Waals surface area contributed by atoms with Crippen LogP contribution < -0.4 is 14.8 Å². The van der Waals surface area contributed by atoms with Crippen molar-refractivity contribution in [1.82, 2.24) is 4.98 Å². The normalized spacial score (nSPS) is 11.2. The summed E-state index contributed by atoms with van der Waals surface area (Å²) < 4.78 is 13.9. The van der Waals surface area contributed by atoms with E-state index in [1.54, 1.807) is 11.3 Å². The van der Waals surface area contributed by atoms with Crippen LogP contribution in [0, 0.1) is 6.92 Å². The Morgan fingerprint density at radius 1 is 1.03 bits per heavy atom. The zero-order chi connectivity index (χ0) is 22.7. The highest BCUT2D eigenvalue weighted by molar-refractivity contribution is 9.10. The van der Waals surface area contributed by atoms with Crippen LogP contribution in [0.3, 0.4) is 0 Å². The Kier molecular flexibility index (Phi) is 7.01. The molecule has 3 aromatic carbocycles. The molecule has 0 unspecified atom stereocenters. The Bertz CT molecular complexity index is 1220. The Morgan fingerprint density at radius 3 is 2.53 bits per heavy atom. The molecule has 0 fully saturated rings.